The van der Waals surface area contributed by atoms with Crippen molar-refractivity contribution in [1.29, 1.82) is 0 Å². The molecule has 0 spiro atoms. The van der Waals surface area contributed by atoms with E-state index in [1.165, 1.54) is 6.92 Å². The van der Waals surface area contributed by atoms with Gasteiger partial charge in [-0.1, -0.05) is 12.8 Å². The van der Waals surface area contributed by atoms with Gasteiger partial charge < -0.3 is 15.8 Å². The summed E-state index contributed by atoms with van der Waals surface area (Å²) >= 11 is 0. The molecule has 3 N–H and O–H groups in total. The number of halogens is 2. The van der Waals surface area contributed by atoms with Crippen molar-refractivity contribution < 1.29 is 23.1 Å². The fourth-order valence-electron chi connectivity index (χ4n) is 3.33. The average molecular weight is 382 g/mol. The van der Waals surface area contributed by atoms with Gasteiger partial charge in [-0.3, -0.25) is 9.59 Å². The third kappa shape index (κ3) is 6.27. The van der Waals surface area contributed by atoms with Crippen LogP contribution >= 0.6 is 0 Å². The minimum absolute atomic E-state index is 0.0564. The Morgan fingerprint density at radius 1 is 1.26 bits per heavy atom. The lowest BCUT2D eigenvalue weighted by molar-refractivity contribution is -0.131. The van der Waals surface area contributed by atoms with Gasteiger partial charge in [0.25, 0.3) is 0 Å². The highest BCUT2D eigenvalue weighted by Gasteiger charge is 2.27. The van der Waals surface area contributed by atoms with E-state index in [1.54, 1.807) is 0 Å². The summed E-state index contributed by atoms with van der Waals surface area (Å²) < 4.78 is 32.7. The largest absolute Gasteiger partial charge is 0.483 e. The Morgan fingerprint density at radius 2 is 1.96 bits per heavy atom. The number of rotatable bonds is 10. The number of nitrogens with one attached hydrogen (secondary N) is 1. The van der Waals surface area contributed by atoms with Crippen molar-refractivity contribution >= 4 is 11.7 Å². The van der Waals surface area contributed by atoms with Gasteiger partial charge in [-0.15, -0.1) is 0 Å². The summed E-state index contributed by atoms with van der Waals surface area (Å²) in [6.45, 7) is 1.49. The van der Waals surface area contributed by atoms with Gasteiger partial charge in [0.15, 0.2) is 17.3 Å². The molecule has 0 aliphatic heterocycles. The monoisotopic (exact) mass is 382 g/mol. The maximum absolute atomic E-state index is 14.0. The molecule has 1 saturated carbocycles. The van der Waals surface area contributed by atoms with Crippen LogP contribution in [0.1, 0.15) is 50.5 Å². The lowest BCUT2D eigenvalue weighted by atomic mass is 10.0. The molecule has 1 unspecified atom stereocenters. The van der Waals surface area contributed by atoms with E-state index >= 15 is 0 Å². The number of ketones is 1. The molecule has 1 aliphatic rings. The first-order valence-corrected chi connectivity index (χ1v) is 9.54. The highest BCUT2D eigenvalue weighted by molar-refractivity contribution is 5.90. The molecule has 27 heavy (non-hydrogen) atoms. The van der Waals surface area contributed by atoms with E-state index in [2.05, 4.69) is 5.32 Å². The predicted molar refractivity (Wildman–Crippen MR) is 98.4 cm³/mol. The van der Waals surface area contributed by atoms with E-state index in [4.69, 9.17) is 10.5 Å². The SMILES string of the molecule is Cc1cc(F)cc(OCC(=O)C(CCCCN)NC(=O)C2CCCC2)c1F. The van der Waals surface area contributed by atoms with Crippen molar-refractivity contribution in [2.45, 2.75) is 57.9 Å². The Morgan fingerprint density at radius 3 is 2.63 bits per heavy atom. The maximum atomic E-state index is 14.0. The number of nitrogens with two attached hydrogens (primary N) is 1. The number of hydrogen-bond donors (Lipinski definition) is 2. The molecule has 2 rings (SSSR count). The van der Waals surface area contributed by atoms with Crippen molar-refractivity contribution in [2.75, 3.05) is 13.2 Å². The molecule has 7 heteroatoms. The summed E-state index contributed by atoms with van der Waals surface area (Å²) in [5, 5.41) is 2.81. The van der Waals surface area contributed by atoms with Crippen LogP contribution in [0.3, 0.4) is 0 Å². The van der Waals surface area contributed by atoms with Crippen molar-refractivity contribution in [3.05, 3.63) is 29.3 Å². The zero-order valence-electron chi connectivity index (χ0n) is 15.7. The number of benzene rings is 1. The Hall–Kier alpha value is -2.02. The van der Waals surface area contributed by atoms with Gasteiger partial charge in [-0.2, -0.15) is 0 Å². The first-order valence-electron chi connectivity index (χ1n) is 9.54. The van der Waals surface area contributed by atoms with Gasteiger partial charge in [-0.05, 0) is 57.2 Å². The molecule has 0 bridgehead atoms. The molecule has 1 aromatic rings. The van der Waals surface area contributed by atoms with E-state index < -0.39 is 24.3 Å². The van der Waals surface area contributed by atoms with Crippen LogP contribution in [-0.2, 0) is 9.59 Å². The number of aryl methyl sites for hydroxylation is 1. The molecule has 0 aromatic heterocycles. The molecule has 150 valence electrons. The standard InChI is InChI=1S/C20H28F2N2O3/c1-13-10-15(21)11-18(19(13)22)27-12-17(25)16(8-4-5-9-23)24-20(26)14-6-2-3-7-14/h10-11,14,16H,2-9,12,23H2,1H3,(H,24,26). The average Bonchev–Trinajstić information content (AvgIpc) is 3.17. The molecular weight excluding hydrogens is 354 g/mol. The second-order valence-electron chi connectivity index (χ2n) is 7.12. The second kappa shape index (κ2) is 10.3. The fourth-order valence-corrected chi connectivity index (χ4v) is 3.33. The van der Waals surface area contributed by atoms with Gasteiger partial charge in [0.05, 0.1) is 6.04 Å². The maximum Gasteiger partial charge on any atom is 0.223 e. The normalized spacial score (nSPS) is 15.6. The number of unbranched alkanes of at least 4 members (excludes halogenated alkanes) is 1. The number of carbonyl (C=O) groups is 2. The van der Waals surface area contributed by atoms with Crippen molar-refractivity contribution in [3.8, 4) is 5.75 Å². The van der Waals surface area contributed by atoms with Crippen LogP contribution in [-0.4, -0.2) is 30.9 Å². The minimum Gasteiger partial charge on any atom is -0.483 e. The second-order valence-corrected chi connectivity index (χ2v) is 7.12. The lowest BCUT2D eigenvalue weighted by Gasteiger charge is -2.20. The number of hydrogen-bond acceptors (Lipinski definition) is 4. The summed E-state index contributed by atoms with van der Waals surface area (Å²) in [6, 6.07) is 1.26. The number of ether oxygens (including phenoxy) is 1. The molecule has 0 heterocycles. The number of carbonyl (C=O) groups excluding carboxylic acids is 2. The highest BCUT2D eigenvalue weighted by Crippen LogP contribution is 2.25. The van der Waals surface area contributed by atoms with Gasteiger partial charge in [0, 0.05) is 12.0 Å². The van der Waals surface area contributed by atoms with Crippen molar-refractivity contribution in [1.82, 2.24) is 5.32 Å². The molecule has 1 aliphatic carbocycles. The molecule has 1 atom stereocenters. The smallest absolute Gasteiger partial charge is 0.223 e. The van der Waals surface area contributed by atoms with Crippen molar-refractivity contribution in [2.24, 2.45) is 11.7 Å². The quantitative estimate of drug-likeness (QED) is 0.610. The van der Waals surface area contributed by atoms with E-state index in [1.807, 2.05) is 0 Å². The van der Waals surface area contributed by atoms with Gasteiger partial charge in [0.1, 0.15) is 12.4 Å². The zero-order chi connectivity index (χ0) is 19.8. The number of Topliss-reactive ketones (excluding diaryl/α,β-unsaturated/α-hetero) is 1. The predicted octanol–water partition coefficient (Wildman–Crippen LogP) is 3.03. The Kier molecular flexibility index (Phi) is 8.16. The molecular formula is C20H28F2N2O3. The van der Waals surface area contributed by atoms with E-state index in [0.29, 0.717) is 19.4 Å². The Labute approximate surface area is 158 Å². The summed E-state index contributed by atoms with van der Waals surface area (Å²) in [4.78, 5) is 24.9. The van der Waals surface area contributed by atoms with Crippen LogP contribution in [0.15, 0.2) is 12.1 Å². The Balaban J connectivity index is 1.98. The van der Waals surface area contributed by atoms with Crippen LogP contribution in [0.25, 0.3) is 0 Å². The molecule has 5 nitrogen and oxygen atoms in total. The van der Waals surface area contributed by atoms with E-state index in [-0.39, 0.29) is 28.9 Å². The molecule has 0 radical (unpaired) electrons. The van der Waals surface area contributed by atoms with Crippen LogP contribution in [0.5, 0.6) is 5.75 Å². The first kappa shape index (κ1) is 21.3. The van der Waals surface area contributed by atoms with Crippen LogP contribution in [0.4, 0.5) is 8.78 Å². The lowest BCUT2D eigenvalue weighted by Crippen LogP contribution is -2.45. The minimum atomic E-state index is -0.706. The third-order valence-corrected chi connectivity index (χ3v) is 4.93. The zero-order valence-corrected chi connectivity index (χ0v) is 15.7. The summed E-state index contributed by atoms with van der Waals surface area (Å²) in [7, 11) is 0. The summed E-state index contributed by atoms with van der Waals surface area (Å²) in [5.41, 5.74) is 5.60. The first-order chi connectivity index (χ1) is 12.9. The van der Waals surface area contributed by atoms with Gasteiger partial charge in [-0.25, -0.2) is 8.78 Å². The molecule has 1 fully saturated rings. The van der Waals surface area contributed by atoms with E-state index in [9.17, 15) is 18.4 Å². The van der Waals surface area contributed by atoms with Gasteiger partial charge in [0.2, 0.25) is 5.91 Å². The van der Waals surface area contributed by atoms with Crippen LogP contribution < -0.4 is 15.8 Å². The third-order valence-electron chi connectivity index (χ3n) is 4.93. The van der Waals surface area contributed by atoms with Crippen LogP contribution in [0, 0.1) is 24.5 Å². The molecule has 0 saturated heterocycles. The molecule has 1 aromatic carbocycles. The highest BCUT2D eigenvalue weighted by atomic mass is 19.1. The van der Waals surface area contributed by atoms with E-state index in [0.717, 1.165) is 44.2 Å². The topological polar surface area (TPSA) is 81.4 Å². The Bertz CT molecular complexity index is 661. The molecule has 1 amide bonds. The van der Waals surface area contributed by atoms with Crippen molar-refractivity contribution in [3.63, 3.8) is 0 Å². The van der Waals surface area contributed by atoms with Gasteiger partial charge >= 0.3 is 0 Å². The fraction of sp³-hybridized carbons (Fsp3) is 0.600. The number of amides is 1. The van der Waals surface area contributed by atoms with Crippen LogP contribution in [0.2, 0.25) is 0 Å². The summed E-state index contributed by atoms with van der Waals surface area (Å²) in [6.07, 6.45) is 5.57. The summed E-state index contributed by atoms with van der Waals surface area (Å²) in [5.74, 6) is -2.17.